The van der Waals surface area contributed by atoms with Crippen molar-refractivity contribution >= 4 is 34.1 Å². The van der Waals surface area contributed by atoms with E-state index < -0.39 is 11.4 Å². The second-order valence-electron chi connectivity index (χ2n) is 5.50. The van der Waals surface area contributed by atoms with Crippen LogP contribution in [0.4, 0.5) is 9.93 Å². The highest BCUT2D eigenvalue weighted by Gasteiger charge is 2.29. The van der Waals surface area contributed by atoms with E-state index in [-0.39, 0.29) is 12.6 Å². The van der Waals surface area contributed by atoms with E-state index in [0.717, 1.165) is 5.56 Å². The Bertz CT molecular complexity index is 754. The quantitative estimate of drug-likeness (QED) is 0.714. The summed E-state index contributed by atoms with van der Waals surface area (Å²) in [5.41, 5.74) is 0.836. The van der Waals surface area contributed by atoms with Gasteiger partial charge in [0, 0.05) is 10.4 Å². The standard InChI is InChI=1S/C17H18ClN3O2S/c1-4-17(3,12-5-7-13(18)8-6-12)14-10-24-16(20-14)21-15(23)19-11(2)9-22/h1,5-8,10-11,22H,9H2,2-3H3,(H2,19,20,21,23)/t11?,17-/m0/s1. The minimum absolute atomic E-state index is 0.137. The number of carbonyl (C=O) groups is 1. The third-order valence-corrected chi connectivity index (χ3v) is 4.61. The molecular weight excluding hydrogens is 346 g/mol. The van der Waals surface area contributed by atoms with Crippen LogP contribution in [0, 0.1) is 12.3 Å². The third kappa shape index (κ3) is 4.06. The molecule has 0 bridgehead atoms. The van der Waals surface area contributed by atoms with E-state index >= 15 is 0 Å². The molecule has 24 heavy (non-hydrogen) atoms. The SMILES string of the molecule is C#C[C@@](C)(c1ccc(Cl)cc1)c1csc(NC(=O)NC(C)CO)n1. The summed E-state index contributed by atoms with van der Waals surface area (Å²) in [7, 11) is 0. The predicted molar refractivity (Wildman–Crippen MR) is 97.6 cm³/mol. The lowest BCUT2D eigenvalue weighted by Crippen LogP contribution is -2.38. The summed E-state index contributed by atoms with van der Waals surface area (Å²) in [4.78, 5) is 16.2. The molecule has 1 heterocycles. The van der Waals surface area contributed by atoms with E-state index in [1.165, 1.54) is 11.3 Å². The number of carbonyl (C=O) groups excluding carboxylic acids is 1. The number of amides is 2. The van der Waals surface area contributed by atoms with Crippen molar-refractivity contribution in [3.8, 4) is 12.3 Å². The van der Waals surface area contributed by atoms with Crippen molar-refractivity contribution in [1.82, 2.24) is 10.3 Å². The van der Waals surface area contributed by atoms with Gasteiger partial charge in [-0.15, -0.1) is 17.8 Å². The summed E-state index contributed by atoms with van der Waals surface area (Å²) < 4.78 is 0. The molecule has 1 aromatic heterocycles. The minimum atomic E-state index is -0.726. The third-order valence-electron chi connectivity index (χ3n) is 3.60. The predicted octanol–water partition coefficient (Wildman–Crippen LogP) is 3.24. The zero-order chi connectivity index (χ0) is 17.7. The molecule has 2 rings (SSSR count). The smallest absolute Gasteiger partial charge is 0.321 e. The Morgan fingerprint density at radius 3 is 2.75 bits per heavy atom. The van der Waals surface area contributed by atoms with Crippen LogP contribution in [0.1, 0.15) is 25.1 Å². The summed E-state index contributed by atoms with van der Waals surface area (Å²) in [6.45, 7) is 3.45. The molecule has 0 aliphatic rings. The number of nitrogens with zero attached hydrogens (tertiary/aromatic N) is 1. The second-order valence-corrected chi connectivity index (χ2v) is 6.79. The molecule has 5 nitrogen and oxygen atoms in total. The van der Waals surface area contributed by atoms with Crippen LogP contribution in [0.2, 0.25) is 5.02 Å². The summed E-state index contributed by atoms with van der Waals surface area (Å²) >= 11 is 7.21. The normalized spacial score (nSPS) is 14.3. The van der Waals surface area contributed by atoms with Gasteiger partial charge in [0.1, 0.15) is 0 Å². The molecule has 0 fully saturated rings. The van der Waals surface area contributed by atoms with Gasteiger partial charge in [-0.05, 0) is 31.5 Å². The molecule has 0 radical (unpaired) electrons. The van der Waals surface area contributed by atoms with Crippen LogP contribution in [-0.4, -0.2) is 28.8 Å². The summed E-state index contributed by atoms with van der Waals surface area (Å²) in [5, 5.41) is 17.1. The molecule has 0 aliphatic carbocycles. The van der Waals surface area contributed by atoms with Crippen molar-refractivity contribution in [3.63, 3.8) is 0 Å². The molecule has 0 saturated heterocycles. The molecule has 2 atom stereocenters. The van der Waals surface area contributed by atoms with Crippen LogP contribution in [-0.2, 0) is 5.41 Å². The van der Waals surface area contributed by atoms with Gasteiger partial charge in [0.25, 0.3) is 0 Å². The van der Waals surface area contributed by atoms with Gasteiger partial charge in [-0.25, -0.2) is 9.78 Å². The maximum Gasteiger partial charge on any atom is 0.321 e. The van der Waals surface area contributed by atoms with Gasteiger partial charge in [0.15, 0.2) is 5.13 Å². The average molecular weight is 364 g/mol. The number of aliphatic hydroxyl groups excluding tert-OH is 1. The zero-order valence-electron chi connectivity index (χ0n) is 13.3. The van der Waals surface area contributed by atoms with E-state index in [9.17, 15) is 4.79 Å². The lowest BCUT2D eigenvalue weighted by molar-refractivity contribution is 0.229. The van der Waals surface area contributed by atoms with Crippen molar-refractivity contribution in [2.75, 3.05) is 11.9 Å². The van der Waals surface area contributed by atoms with Crippen molar-refractivity contribution in [3.05, 3.63) is 45.9 Å². The number of rotatable bonds is 5. The van der Waals surface area contributed by atoms with Gasteiger partial charge in [0.2, 0.25) is 0 Å². The monoisotopic (exact) mass is 363 g/mol. The number of hydrogen-bond acceptors (Lipinski definition) is 4. The number of urea groups is 1. The van der Waals surface area contributed by atoms with Crippen LogP contribution >= 0.6 is 22.9 Å². The van der Waals surface area contributed by atoms with E-state index in [2.05, 4.69) is 21.5 Å². The van der Waals surface area contributed by atoms with E-state index in [4.69, 9.17) is 23.1 Å². The summed E-state index contributed by atoms with van der Waals surface area (Å²) in [6.07, 6.45) is 5.76. The fourth-order valence-electron chi connectivity index (χ4n) is 2.05. The van der Waals surface area contributed by atoms with E-state index in [1.807, 2.05) is 24.4 Å². The van der Waals surface area contributed by atoms with Crippen molar-refractivity contribution < 1.29 is 9.90 Å². The summed E-state index contributed by atoms with van der Waals surface area (Å²) in [6, 6.07) is 6.53. The Kier molecular flexibility index (Phi) is 5.84. The number of terminal acetylenes is 1. The topological polar surface area (TPSA) is 74.2 Å². The Labute approximate surface area is 150 Å². The number of aliphatic hydroxyl groups is 1. The number of halogens is 1. The fraction of sp³-hybridized carbons (Fsp3) is 0.294. The number of thiazole rings is 1. The highest BCUT2D eigenvalue weighted by atomic mass is 35.5. The molecule has 0 aliphatic heterocycles. The minimum Gasteiger partial charge on any atom is -0.394 e. The molecule has 7 heteroatoms. The molecule has 1 aromatic carbocycles. The van der Waals surface area contributed by atoms with E-state index in [1.54, 1.807) is 19.1 Å². The highest BCUT2D eigenvalue weighted by molar-refractivity contribution is 7.14. The number of hydrogen-bond donors (Lipinski definition) is 3. The number of anilines is 1. The van der Waals surface area contributed by atoms with Gasteiger partial charge < -0.3 is 10.4 Å². The van der Waals surface area contributed by atoms with Crippen LogP contribution in [0.25, 0.3) is 0 Å². The van der Waals surface area contributed by atoms with E-state index in [0.29, 0.717) is 15.8 Å². The molecular formula is C17H18ClN3O2S. The van der Waals surface area contributed by atoms with Crippen molar-refractivity contribution in [2.24, 2.45) is 0 Å². The first kappa shape index (κ1) is 18.3. The largest absolute Gasteiger partial charge is 0.394 e. The van der Waals surface area contributed by atoms with Gasteiger partial charge in [-0.1, -0.05) is 29.7 Å². The fourth-order valence-corrected chi connectivity index (χ4v) is 2.99. The maximum atomic E-state index is 11.8. The first-order valence-electron chi connectivity index (χ1n) is 7.27. The van der Waals surface area contributed by atoms with Crippen LogP contribution in [0.3, 0.4) is 0 Å². The molecule has 2 aromatic rings. The Morgan fingerprint density at radius 2 is 2.17 bits per heavy atom. The second kappa shape index (κ2) is 7.67. The van der Waals surface area contributed by atoms with Crippen LogP contribution < -0.4 is 10.6 Å². The number of nitrogens with one attached hydrogen (secondary N) is 2. The number of aromatic nitrogens is 1. The molecule has 0 saturated carbocycles. The van der Waals surface area contributed by atoms with Crippen molar-refractivity contribution in [1.29, 1.82) is 0 Å². The lowest BCUT2D eigenvalue weighted by atomic mass is 9.81. The molecule has 1 unspecified atom stereocenters. The van der Waals surface area contributed by atoms with Gasteiger partial charge >= 0.3 is 6.03 Å². The zero-order valence-corrected chi connectivity index (χ0v) is 14.9. The molecule has 0 spiro atoms. The van der Waals surface area contributed by atoms with Crippen LogP contribution in [0.15, 0.2) is 29.6 Å². The summed E-state index contributed by atoms with van der Waals surface area (Å²) in [5.74, 6) is 2.78. The Hall–Kier alpha value is -2.07. The Balaban J connectivity index is 2.20. The van der Waals surface area contributed by atoms with Gasteiger partial charge in [0.05, 0.1) is 23.8 Å². The first-order valence-corrected chi connectivity index (χ1v) is 8.53. The molecule has 3 N–H and O–H groups in total. The van der Waals surface area contributed by atoms with Crippen molar-refractivity contribution in [2.45, 2.75) is 25.3 Å². The average Bonchev–Trinajstić information content (AvgIpc) is 3.03. The van der Waals surface area contributed by atoms with Gasteiger partial charge in [-0.2, -0.15) is 0 Å². The lowest BCUT2D eigenvalue weighted by Gasteiger charge is -2.22. The molecule has 2 amide bonds. The molecule has 126 valence electrons. The van der Waals surface area contributed by atoms with Gasteiger partial charge in [-0.3, -0.25) is 5.32 Å². The number of benzene rings is 1. The first-order chi connectivity index (χ1) is 11.4. The Morgan fingerprint density at radius 1 is 1.50 bits per heavy atom. The maximum absolute atomic E-state index is 11.8. The van der Waals surface area contributed by atoms with Crippen LogP contribution in [0.5, 0.6) is 0 Å². The highest BCUT2D eigenvalue weighted by Crippen LogP contribution is 2.33.